The highest BCUT2D eigenvalue weighted by Crippen LogP contribution is 2.22. The van der Waals surface area contributed by atoms with Crippen LogP contribution in [0.4, 0.5) is 0 Å². The van der Waals surface area contributed by atoms with Crippen LogP contribution in [-0.2, 0) is 0 Å². The molecule has 2 aromatic heterocycles. The topological polar surface area (TPSA) is 51.3 Å². The quantitative estimate of drug-likeness (QED) is 0.789. The zero-order valence-electron chi connectivity index (χ0n) is 12.0. The number of nitrogens with zero attached hydrogens (tertiary/aromatic N) is 3. The van der Waals surface area contributed by atoms with E-state index in [0.717, 1.165) is 30.9 Å². The van der Waals surface area contributed by atoms with E-state index in [9.17, 15) is 4.79 Å². The zero-order valence-corrected chi connectivity index (χ0v) is 12.8. The van der Waals surface area contributed by atoms with Gasteiger partial charge in [0.1, 0.15) is 5.52 Å². The lowest BCUT2D eigenvalue weighted by Crippen LogP contribution is -2.30. The van der Waals surface area contributed by atoms with Crippen LogP contribution in [0.5, 0.6) is 0 Å². The average Bonchev–Trinajstić information content (AvgIpc) is 3.19. The van der Waals surface area contributed by atoms with E-state index in [-0.39, 0.29) is 24.0 Å². The number of hydrogen-bond donors (Lipinski definition) is 1. The summed E-state index contributed by atoms with van der Waals surface area (Å²) in [6.45, 7) is 0.971. The molecule has 1 fully saturated rings. The molecule has 0 radical (unpaired) electrons. The highest BCUT2D eigenvalue weighted by Gasteiger charge is 2.23. The summed E-state index contributed by atoms with van der Waals surface area (Å²) in [6.07, 6.45) is 3.94. The zero-order chi connectivity index (χ0) is 14.2. The van der Waals surface area contributed by atoms with Gasteiger partial charge in [0.05, 0.1) is 11.7 Å². The fraction of sp³-hybridized carbons (Fsp3) is 0.250. The van der Waals surface area contributed by atoms with Gasteiger partial charge in [0, 0.05) is 6.20 Å². The molecule has 1 N–H and O–H groups in total. The molecule has 1 saturated heterocycles. The van der Waals surface area contributed by atoms with Crippen molar-refractivity contribution in [3.63, 3.8) is 0 Å². The van der Waals surface area contributed by atoms with Crippen molar-refractivity contribution in [1.82, 2.24) is 19.5 Å². The van der Waals surface area contributed by atoms with E-state index in [1.807, 2.05) is 42.6 Å². The lowest BCUT2D eigenvalue weighted by Gasteiger charge is -2.17. The lowest BCUT2D eigenvalue weighted by atomic mass is 10.2. The third kappa shape index (κ3) is 2.32. The third-order valence-corrected chi connectivity index (χ3v) is 3.98. The first-order chi connectivity index (χ1) is 10.3. The van der Waals surface area contributed by atoms with Crippen LogP contribution in [0.15, 0.2) is 53.5 Å². The summed E-state index contributed by atoms with van der Waals surface area (Å²) >= 11 is 0. The third-order valence-electron chi connectivity index (χ3n) is 3.98. The highest BCUT2D eigenvalue weighted by molar-refractivity contribution is 5.85. The van der Waals surface area contributed by atoms with Gasteiger partial charge in [-0.05, 0) is 43.7 Å². The van der Waals surface area contributed by atoms with Crippen LogP contribution in [-0.4, -0.2) is 20.7 Å². The summed E-state index contributed by atoms with van der Waals surface area (Å²) in [5.41, 5.74) is 1.44. The molecule has 22 heavy (non-hydrogen) atoms. The van der Waals surface area contributed by atoms with E-state index >= 15 is 0 Å². The maximum atomic E-state index is 12.8. The van der Waals surface area contributed by atoms with Crippen molar-refractivity contribution in [2.75, 3.05) is 6.54 Å². The maximum Gasteiger partial charge on any atom is 0.282 e. The van der Waals surface area contributed by atoms with Crippen LogP contribution < -0.4 is 10.9 Å². The average molecular weight is 317 g/mol. The van der Waals surface area contributed by atoms with Crippen LogP contribution in [0.1, 0.15) is 24.7 Å². The second kappa shape index (κ2) is 5.94. The van der Waals surface area contributed by atoms with Crippen LogP contribution in [0, 0.1) is 0 Å². The SMILES string of the molecule is Cl.O=c1c2cccn2nc([C@@H]2CCCN2)n1-c1ccccc1. The number of rotatable bonds is 2. The van der Waals surface area contributed by atoms with E-state index in [1.165, 1.54) is 0 Å². The molecule has 1 aliphatic rings. The van der Waals surface area contributed by atoms with Crippen molar-refractivity contribution in [1.29, 1.82) is 0 Å². The summed E-state index contributed by atoms with van der Waals surface area (Å²) < 4.78 is 3.41. The molecule has 0 saturated carbocycles. The first-order valence-corrected chi connectivity index (χ1v) is 7.24. The molecule has 0 spiro atoms. The second-order valence-corrected chi connectivity index (χ2v) is 5.32. The molecule has 1 atom stereocenters. The molecule has 0 aliphatic carbocycles. The second-order valence-electron chi connectivity index (χ2n) is 5.32. The highest BCUT2D eigenvalue weighted by atomic mass is 35.5. The molecule has 0 amide bonds. The van der Waals surface area contributed by atoms with Crippen molar-refractivity contribution in [3.05, 3.63) is 64.8 Å². The van der Waals surface area contributed by atoms with Crippen molar-refractivity contribution in [2.45, 2.75) is 18.9 Å². The fourth-order valence-corrected chi connectivity index (χ4v) is 2.96. The Kier molecular flexibility index (Phi) is 4.00. The van der Waals surface area contributed by atoms with Crippen LogP contribution in [0.2, 0.25) is 0 Å². The van der Waals surface area contributed by atoms with Gasteiger partial charge in [-0.3, -0.25) is 9.36 Å². The number of nitrogens with one attached hydrogen (secondary N) is 1. The number of hydrogen-bond acceptors (Lipinski definition) is 3. The molecule has 3 aromatic rings. The molecule has 0 unspecified atom stereocenters. The maximum absolute atomic E-state index is 12.8. The first kappa shape index (κ1) is 14.8. The molecule has 6 heteroatoms. The van der Waals surface area contributed by atoms with E-state index < -0.39 is 0 Å². The van der Waals surface area contributed by atoms with Gasteiger partial charge < -0.3 is 5.32 Å². The fourth-order valence-electron chi connectivity index (χ4n) is 2.96. The summed E-state index contributed by atoms with van der Waals surface area (Å²) in [5.74, 6) is 0.785. The van der Waals surface area contributed by atoms with Gasteiger partial charge in [0.25, 0.3) is 5.56 Å². The molecule has 3 heterocycles. The van der Waals surface area contributed by atoms with Gasteiger partial charge in [-0.1, -0.05) is 18.2 Å². The predicted molar refractivity (Wildman–Crippen MR) is 88.0 cm³/mol. The summed E-state index contributed by atoms with van der Waals surface area (Å²) in [5, 5.41) is 8.10. The predicted octanol–water partition coefficient (Wildman–Crippen LogP) is 2.33. The molecular weight excluding hydrogens is 300 g/mol. The van der Waals surface area contributed by atoms with E-state index in [0.29, 0.717) is 5.52 Å². The minimum Gasteiger partial charge on any atom is -0.307 e. The van der Waals surface area contributed by atoms with Gasteiger partial charge in [0.2, 0.25) is 0 Å². The largest absolute Gasteiger partial charge is 0.307 e. The molecule has 0 bridgehead atoms. The van der Waals surface area contributed by atoms with Gasteiger partial charge in [-0.25, -0.2) is 4.52 Å². The monoisotopic (exact) mass is 316 g/mol. The minimum absolute atomic E-state index is 0. The van der Waals surface area contributed by atoms with Crippen molar-refractivity contribution in [3.8, 4) is 5.69 Å². The Bertz CT molecular complexity index is 834. The lowest BCUT2D eigenvalue weighted by molar-refractivity contribution is 0.560. The molecule has 1 aliphatic heterocycles. The van der Waals surface area contributed by atoms with Gasteiger partial charge in [0.15, 0.2) is 5.82 Å². The Morgan fingerprint density at radius 2 is 1.95 bits per heavy atom. The number of aromatic nitrogens is 3. The van der Waals surface area contributed by atoms with Crippen LogP contribution >= 0.6 is 12.4 Å². The first-order valence-electron chi connectivity index (χ1n) is 7.24. The molecule has 114 valence electrons. The summed E-state index contributed by atoms with van der Waals surface area (Å²) in [4.78, 5) is 12.8. The number of para-hydroxylation sites is 1. The van der Waals surface area contributed by atoms with Crippen molar-refractivity contribution >= 4 is 17.9 Å². The molecule has 1 aromatic carbocycles. The van der Waals surface area contributed by atoms with Crippen LogP contribution in [0.3, 0.4) is 0 Å². The Balaban J connectivity index is 0.00000144. The van der Waals surface area contributed by atoms with Crippen molar-refractivity contribution < 1.29 is 0 Å². The van der Waals surface area contributed by atoms with E-state index in [1.54, 1.807) is 15.1 Å². The van der Waals surface area contributed by atoms with Crippen LogP contribution in [0.25, 0.3) is 11.2 Å². The Morgan fingerprint density at radius 1 is 1.14 bits per heavy atom. The van der Waals surface area contributed by atoms with E-state index in [2.05, 4.69) is 10.4 Å². The van der Waals surface area contributed by atoms with Crippen molar-refractivity contribution in [2.24, 2.45) is 0 Å². The van der Waals surface area contributed by atoms with Gasteiger partial charge in [-0.15, -0.1) is 12.4 Å². The molecular formula is C16H17ClN4O. The Labute approximate surface area is 134 Å². The van der Waals surface area contributed by atoms with Gasteiger partial charge in [-0.2, -0.15) is 5.10 Å². The summed E-state index contributed by atoms with van der Waals surface area (Å²) in [6, 6.07) is 13.5. The molecule has 5 nitrogen and oxygen atoms in total. The summed E-state index contributed by atoms with van der Waals surface area (Å²) in [7, 11) is 0. The standard InChI is InChI=1S/C16H16N4O.ClH/c21-16-14-9-5-11-19(14)18-15(13-8-4-10-17-13)20(16)12-6-2-1-3-7-12;/h1-3,5-7,9,11,13,17H,4,8,10H2;1H/t13-;/m0./s1. The number of benzene rings is 1. The molecule has 4 rings (SSSR count). The Morgan fingerprint density at radius 3 is 2.68 bits per heavy atom. The Hall–Kier alpha value is -2.11. The van der Waals surface area contributed by atoms with Gasteiger partial charge >= 0.3 is 0 Å². The number of fused-ring (bicyclic) bond motifs is 1. The smallest absolute Gasteiger partial charge is 0.282 e. The normalized spacial score (nSPS) is 17.5. The minimum atomic E-state index is -0.0232. The number of halogens is 1. The van der Waals surface area contributed by atoms with E-state index in [4.69, 9.17) is 0 Å².